The number of Topliss-reactive ketones (excluding diaryl/α,β-unsaturated/α-hetero) is 1. The minimum atomic E-state index is -1.91. The van der Waals surface area contributed by atoms with Gasteiger partial charge in [0.05, 0.1) is 0 Å². The number of carbonyl (C=O) groups is 3. The zero-order valence-corrected chi connectivity index (χ0v) is 12.5. The molecule has 1 rings (SSSR count). The molecule has 1 aromatic rings. The minimum Gasteiger partial charge on any atom is -0.480 e. The van der Waals surface area contributed by atoms with Crippen LogP contribution in [0.25, 0.3) is 5.53 Å². The molecule has 0 radical (unpaired) electrons. The monoisotopic (exact) mass is 319 g/mol. The summed E-state index contributed by atoms with van der Waals surface area (Å²) in [5.41, 5.74) is 6.62. The molecule has 8 nitrogen and oxygen atoms in total. The first kappa shape index (κ1) is 18.2. The van der Waals surface area contributed by atoms with Gasteiger partial charge in [-0.05, 0) is 18.9 Å². The number of carboxylic acids is 1. The highest BCUT2D eigenvalue weighted by atomic mass is 16.4. The van der Waals surface area contributed by atoms with E-state index in [9.17, 15) is 19.5 Å². The van der Waals surface area contributed by atoms with E-state index in [0.717, 1.165) is 0 Å². The predicted octanol–water partition coefficient (Wildman–Crippen LogP) is 0.113. The fraction of sp³-hybridized carbons (Fsp3) is 0.333. The van der Waals surface area contributed by atoms with Crippen molar-refractivity contribution in [3.8, 4) is 0 Å². The second kappa shape index (κ2) is 7.98. The Morgan fingerprint density at radius 2 is 1.96 bits per heavy atom. The molecule has 0 bridgehead atoms. The molecule has 122 valence electrons. The number of ketones is 1. The van der Waals surface area contributed by atoms with Crippen molar-refractivity contribution in [1.29, 1.82) is 0 Å². The first-order valence-corrected chi connectivity index (χ1v) is 6.81. The Morgan fingerprint density at radius 1 is 1.35 bits per heavy atom. The number of nitrogens with zero attached hydrogens (tertiary/aromatic N) is 2. The number of nitrogens with one attached hydrogen (secondary N) is 1. The number of carboxylic acid groups (broad SMARTS) is 1. The van der Waals surface area contributed by atoms with Crippen molar-refractivity contribution in [2.75, 3.05) is 0 Å². The van der Waals surface area contributed by atoms with Gasteiger partial charge in [-0.15, -0.1) is 0 Å². The van der Waals surface area contributed by atoms with Crippen LogP contribution in [0, 0.1) is 0 Å². The molecule has 3 N–H and O–H groups in total. The quantitative estimate of drug-likeness (QED) is 0.354. The van der Waals surface area contributed by atoms with Crippen LogP contribution in [0.15, 0.2) is 30.3 Å². The van der Waals surface area contributed by atoms with E-state index < -0.39 is 29.3 Å². The molecule has 23 heavy (non-hydrogen) atoms. The molecule has 0 aliphatic rings. The molecule has 0 aliphatic heterocycles. The molecule has 0 saturated heterocycles. The standard InChI is InChI=1S/C15H17N3O5/c1-15(23,10-5-3-2-4-6-10)14(22)18-12(13(20)21)8-7-11(19)9-17-16/h2-6,9,12,23H,7-8H2,1H3,(H,18,22)(H,20,21)/t12-,15-/m0/s1. The minimum absolute atomic E-state index is 0.198. The Balaban J connectivity index is 2.79. The maximum Gasteiger partial charge on any atom is 0.326 e. The number of amides is 1. The van der Waals surface area contributed by atoms with Crippen LogP contribution in [0.4, 0.5) is 0 Å². The Hall–Kier alpha value is -2.83. The summed E-state index contributed by atoms with van der Waals surface area (Å²) in [7, 11) is 0. The van der Waals surface area contributed by atoms with Crippen molar-refractivity contribution < 1.29 is 29.4 Å². The van der Waals surface area contributed by atoms with E-state index in [1.807, 2.05) is 0 Å². The average molecular weight is 319 g/mol. The van der Waals surface area contributed by atoms with E-state index in [-0.39, 0.29) is 12.8 Å². The van der Waals surface area contributed by atoms with Crippen LogP contribution in [-0.2, 0) is 20.0 Å². The zero-order valence-electron chi connectivity index (χ0n) is 12.5. The van der Waals surface area contributed by atoms with E-state index in [0.29, 0.717) is 11.8 Å². The molecular weight excluding hydrogens is 302 g/mol. The van der Waals surface area contributed by atoms with Gasteiger partial charge in [0.1, 0.15) is 6.04 Å². The summed E-state index contributed by atoms with van der Waals surface area (Å²) in [5.74, 6) is -2.81. The molecule has 0 aliphatic carbocycles. The summed E-state index contributed by atoms with van der Waals surface area (Å²) in [6, 6.07) is 6.71. The molecule has 0 spiro atoms. The van der Waals surface area contributed by atoms with Gasteiger partial charge in [-0.25, -0.2) is 4.79 Å². The van der Waals surface area contributed by atoms with Gasteiger partial charge in [-0.3, -0.25) is 9.59 Å². The molecule has 1 aromatic carbocycles. The molecule has 0 unspecified atom stereocenters. The molecule has 8 heteroatoms. The van der Waals surface area contributed by atoms with Gasteiger partial charge in [-0.2, -0.15) is 4.79 Å². The molecule has 1 amide bonds. The highest BCUT2D eigenvalue weighted by Gasteiger charge is 2.35. The van der Waals surface area contributed by atoms with Crippen molar-refractivity contribution >= 4 is 23.9 Å². The third kappa shape index (κ3) is 5.14. The number of hydrogen-bond donors (Lipinski definition) is 3. The van der Waals surface area contributed by atoms with Gasteiger partial charge in [0.15, 0.2) is 5.60 Å². The van der Waals surface area contributed by atoms with Crippen LogP contribution in [0.2, 0.25) is 0 Å². The van der Waals surface area contributed by atoms with Crippen molar-refractivity contribution in [2.45, 2.75) is 31.4 Å². The van der Waals surface area contributed by atoms with E-state index in [4.69, 9.17) is 10.6 Å². The van der Waals surface area contributed by atoms with Crippen LogP contribution in [0.5, 0.6) is 0 Å². The third-order valence-electron chi connectivity index (χ3n) is 3.26. The van der Waals surface area contributed by atoms with E-state index in [2.05, 4.69) is 10.1 Å². The highest BCUT2D eigenvalue weighted by molar-refractivity contribution is 6.25. The number of rotatable bonds is 8. The molecule has 0 heterocycles. The van der Waals surface area contributed by atoms with Gasteiger partial charge >= 0.3 is 12.2 Å². The molecule has 0 aromatic heterocycles. The lowest BCUT2D eigenvalue weighted by atomic mass is 9.94. The lowest BCUT2D eigenvalue weighted by Crippen LogP contribution is -2.49. The second-order valence-electron chi connectivity index (χ2n) is 5.05. The second-order valence-corrected chi connectivity index (χ2v) is 5.05. The molecule has 2 atom stereocenters. The average Bonchev–Trinajstić information content (AvgIpc) is 2.51. The zero-order chi connectivity index (χ0) is 17.5. The van der Waals surface area contributed by atoms with Crippen LogP contribution in [0.3, 0.4) is 0 Å². The van der Waals surface area contributed by atoms with Crippen molar-refractivity contribution in [1.82, 2.24) is 5.32 Å². The lowest BCUT2D eigenvalue weighted by molar-refractivity contribution is -0.147. The van der Waals surface area contributed by atoms with E-state index >= 15 is 0 Å². The molecule has 0 fully saturated rings. The Morgan fingerprint density at radius 3 is 2.48 bits per heavy atom. The highest BCUT2D eigenvalue weighted by Crippen LogP contribution is 2.20. The summed E-state index contributed by atoms with van der Waals surface area (Å²) in [6.45, 7) is 1.25. The summed E-state index contributed by atoms with van der Waals surface area (Å²) < 4.78 is 0. The van der Waals surface area contributed by atoms with Gasteiger partial charge in [0.25, 0.3) is 5.91 Å². The Labute approximate surface area is 132 Å². The Kier molecular flexibility index (Phi) is 6.32. The molecular formula is C15H17N3O5. The van der Waals surface area contributed by atoms with E-state index in [1.165, 1.54) is 19.1 Å². The number of benzene rings is 1. The van der Waals surface area contributed by atoms with Crippen LogP contribution in [-0.4, -0.2) is 44.9 Å². The smallest absolute Gasteiger partial charge is 0.326 e. The summed E-state index contributed by atoms with van der Waals surface area (Å²) in [6.07, 6.45) is 0.229. The van der Waals surface area contributed by atoms with Crippen LogP contribution in [0.1, 0.15) is 25.3 Å². The third-order valence-corrected chi connectivity index (χ3v) is 3.26. The van der Waals surface area contributed by atoms with Gasteiger partial charge in [0, 0.05) is 6.42 Å². The van der Waals surface area contributed by atoms with Gasteiger partial charge < -0.3 is 21.1 Å². The Bertz CT molecular complexity index is 636. The van der Waals surface area contributed by atoms with Gasteiger partial charge in [0.2, 0.25) is 5.78 Å². The normalized spacial score (nSPS) is 14.0. The maximum absolute atomic E-state index is 12.2. The lowest BCUT2D eigenvalue weighted by Gasteiger charge is -2.25. The fourth-order valence-corrected chi connectivity index (χ4v) is 1.87. The van der Waals surface area contributed by atoms with Crippen LogP contribution < -0.4 is 5.32 Å². The van der Waals surface area contributed by atoms with Crippen molar-refractivity contribution in [3.05, 3.63) is 41.4 Å². The van der Waals surface area contributed by atoms with Gasteiger partial charge in [-0.1, -0.05) is 30.3 Å². The van der Waals surface area contributed by atoms with Crippen molar-refractivity contribution in [3.63, 3.8) is 0 Å². The van der Waals surface area contributed by atoms with Crippen molar-refractivity contribution in [2.24, 2.45) is 0 Å². The number of aliphatic carboxylic acids is 1. The van der Waals surface area contributed by atoms with Crippen LogP contribution >= 0.6 is 0 Å². The summed E-state index contributed by atoms with van der Waals surface area (Å²) >= 11 is 0. The topological polar surface area (TPSA) is 140 Å². The van der Waals surface area contributed by atoms with E-state index in [1.54, 1.807) is 18.2 Å². The fourth-order valence-electron chi connectivity index (χ4n) is 1.87. The number of aliphatic hydroxyl groups is 1. The summed E-state index contributed by atoms with van der Waals surface area (Å²) in [5, 5.41) is 21.6. The maximum atomic E-state index is 12.2. The summed E-state index contributed by atoms with van der Waals surface area (Å²) in [4.78, 5) is 37.1. The first-order chi connectivity index (χ1) is 10.8. The largest absolute Gasteiger partial charge is 0.480 e. The first-order valence-electron chi connectivity index (χ1n) is 6.81. The number of carbonyl (C=O) groups excluding carboxylic acids is 2. The number of hydrogen-bond acceptors (Lipinski definition) is 4. The SMILES string of the molecule is C[C@@](O)(C(=O)N[C@@H](CCC(=O)C=[N+]=[N-])C(=O)O)c1ccccc1. The molecule has 0 saturated carbocycles. The predicted molar refractivity (Wildman–Crippen MR) is 79.5 cm³/mol.